The lowest BCUT2D eigenvalue weighted by Gasteiger charge is -2.05. The molecule has 0 saturated carbocycles. The van der Waals surface area contributed by atoms with Gasteiger partial charge in [0.1, 0.15) is 12.4 Å². The molecule has 0 bridgehead atoms. The zero-order chi connectivity index (χ0) is 16.7. The van der Waals surface area contributed by atoms with Crippen LogP contribution in [0.1, 0.15) is 16.7 Å². The lowest BCUT2D eigenvalue weighted by molar-refractivity contribution is 0.141. The van der Waals surface area contributed by atoms with Gasteiger partial charge in [0.15, 0.2) is 0 Å². The van der Waals surface area contributed by atoms with Gasteiger partial charge < -0.3 is 15.2 Å². The van der Waals surface area contributed by atoms with E-state index in [2.05, 4.69) is 5.32 Å². The number of hydrogen-bond acceptors (Lipinski definition) is 3. The topological polar surface area (TPSA) is 58.6 Å². The Hall–Kier alpha value is -2.46. The summed E-state index contributed by atoms with van der Waals surface area (Å²) >= 11 is 5.91. The van der Waals surface area contributed by atoms with Gasteiger partial charge in [-0.15, -0.1) is 0 Å². The van der Waals surface area contributed by atoms with Crippen LogP contribution in [0.3, 0.4) is 0 Å². The molecular formula is C18H18ClNO3. The minimum atomic E-state index is -0.474. The van der Waals surface area contributed by atoms with Crippen molar-refractivity contribution in [1.29, 1.82) is 0 Å². The number of rotatable bonds is 5. The van der Waals surface area contributed by atoms with Crippen molar-refractivity contribution in [3.8, 4) is 5.75 Å². The number of carbonyl (C=O) groups excluding carboxylic acids is 1. The average molecular weight is 332 g/mol. The van der Waals surface area contributed by atoms with E-state index < -0.39 is 6.09 Å². The fourth-order valence-electron chi connectivity index (χ4n) is 1.97. The van der Waals surface area contributed by atoms with Crippen LogP contribution in [-0.2, 0) is 11.3 Å². The molecule has 0 atom stereocenters. The van der Waals surface area contributed by atoms with Gasteiger partial charge in [-0.25, -0.2) is 4.79 Å². The second kappa shape index (κ2) is 8.25. The molecule has 0 radical (unpaired) electrons. The number of nitrogens with one attached hydrogen (secondary N) is 1. The lowest BCUT2D eigenvalue weighted by Crippen LogP contribution is -2.24. The summed E-state index contributed by atoms with van der Waals surface area (Å²) in [4.78, 5) is 11.6. The molecule has 120 valence electrons. The lowest BCUT2D eigenvalue weighted by atomic mass is 10.1. The van der Waals surface area contributed by atoms with Gasteiger partial charge >= 0.3 is 6.09 Å². The summed E-state index contributed by atoms with van der Waals surface area (Å²) in [7, 11) is 0. The summed E-state index contributed by atoms with van der Waals surface area (Å²) in [6.45, 7) is 2.35. The van der Waals surface area contributed by atoms with Crippen LogP contribution in [-0.4, -0.2) is 17.7 Å². The molecule has 0 fully saturated rings. The minimum absolute atomic E-state index is 0.0893. The van der Waals surface area contributed by atoms with Crippen molar-refractivity contribution in [2.24, 2.45) is 0 Å². The smallest absolute Gasteiger partial charge is 0.407 e. The van der Waals surface area contributed by atoms with Crippen LogP contribution in [0.2, 0.25) is 5.02 Å². The summed E-state index contributed by atoms with van der Waals surface area (Å²) in [5.41, 5.74) is 2.49. The third-order valence-electron chi connectivity index (χ3n) is 3.16. The van der Waals surface area contributed by atoms with Crippen molar-refractivity contribution in [3.05, 3.63) is 70.3 Å². The Kier molecular flexibility index (Phi) is 6.06. The van der Waals surface area contributed by atoms with Crippen LogP contribution in [0.15, 0.2) is 48.5 Å². The van der Waals surface area contributed by atoms with Gasteiger partial charge in [-0.1, -0.05) is 54.1 Å². The van der Waals surface area contributed by atoms with Crippen molar-refractivity contribution in [1.82, 2.24) is 5.32 Å². The van der Waals surface area contributed by atoms with Crippen LogP contribution >= 0.6 is 11.6 Å². The Bertz CT molecular complexity index is 676. The van der Waals surface area contributed by atoms with E-state index in [1.807, 2.05) is 42.5 Å². The molecule has 2 aromatic rings. The number of phenolic OH excluding ortho intramolecular Hbond substituents is 1. The van der Waals surface area contributed by atoms with Crippen molar-refractivity contribution in [2.45, 2.75) is 13.5 Å². The Balaban J connectivity index is 1.77. The highest BCUT2D eigenvalue weighted by molar-refractivity contribution is 6.32. The maximum Gasteiger partial charge on any atom is 0.407 e. The van der Waals surface area contributed by atoms with Gasteiger partial charge in [0.05, 0.1) is 5.02 Å². The molecule has 0 aliphatic carbocycles. The fraction of sp³-hybridized carbons (Fsp3) is 0.167. The Morgan fingerprint density at radius 1 is 1.30 bits per heavy atom. The maximum atomic E-state index is 11.6. The van der Waals surface area contributed by atoms with Crippen LogP contribution in [0.5, 0.6) is 5.75 Å². The number of benzene rings is 2. The molecule has 0 heterocycles. The fourth-order valence-corrected chi connectivity index (χ4v) is 2.25. The Morgan fingerprint density at radius 2 is 2.04 bits per heavy atom. The van der Waals surface area contributed by atoms with Gasteiger partial charge in [0.25, 0.3) is 0 Å². The number of aromatic hydroxyl groups is 1. The standard InChI is InChI=1S/C18H18ClNO3/c1-13-10-15(11-16(19)17(13)21)8-5-9-20-18(22)23-12-14-6-3-2-4-7-14/h2-8,10-11,21H,9,12H2,1H3,(H,20,22). The highest BCUT2D eigenvalue weighted by Crippen LogP contribution is 2.28. The number of alkyl carbamates (subject to hydrolysis) is 1. The SMILES string of the molecule is Cc1cc(C=CCNC(=O)OCc2ccccc2)cc(Cl)c1O. The minimum Gasteiger partial charge on any atom is -0.506 e. The first-order valence-electron chi connectivity index (χ1n) is 7.16. The summed E-state index contributed by atoms with van der Waals surface area (Å²) in [6.07, 6.45) is 3.13. The first kappa shape index (κ1) is 16.9. The van der Waals surface area contributed by atoms with Gasteiger partial charge in [0.2, 0.25) is 0 Å². The second-order valence-corrected chi connectivity index (χ2v) is 5.42. The van der Waals surface area contributed by atoms with E-state index in [1.54, 1.807) is 19.1 Å². The van der Waals surface area contributed by atoms with Gasteiger partial charge in [0, 0.05) is 6.54 Å². The maximum absolute atomic E-state index is 11.6. The number of hydrogen-bond donors (Lipinski definition) is 2. The molecule has 1 amide bonds. The monoisotopic (exact) mass is 331 g/mol. The van der Waals surface area contributed by atoms with Crippen LogP contribution in [0.25, 0.3) is 6.08 Å². The van der Waals surface area contributed by atoms with Gasteiger partial charge in [-0.2, -0.15) is 0 Å². The number of halogens is 1. The molecule has 2 aromatic carbocycles. The van der Waals surface area contributed by atoms with E-state index >= 15 is 0 Å². The van der Waals surface area contributed by atoms with E-state index in [-0.39, 0.29) is 12.4 Å². The molecule has 2 N–H and O–H groups in total. The molecule has 0 saturated heterocycles. The molecule has 4 nitrogen and oxygen atoms in total. The van der Waals surface area contributed by atoms with Crippen LogP contribution in [0.4, 0.5) is 4.79 Å². The normalized spacial score (nSPS) is 10.7. The number of ether oxygens (including phenoxy) is 1. The first-order valence-corrected chi connectivity index (χ1v) is 7.54. The number of aryl methyl sites for hydroxylation is 1. The van der Waals surface area contributed by atoms with Crippen molar-refractivity contribution in [3.63, 3.8) is 0 Å². The van der Waals surface area contributed by atoms with Gasteiger partial charge in [-0.05, 0) is 35.7 Å². The van der Waals surface area contributed by atoms with E-state index in [9.17, 15) is 9.90 Å². The summed E-state index contributed by atoms with van der Waals surface area (Å²) in [5, 5.41) is 12.5. The zero-order valence-corrected chi connectivity index (χ0v) is 13.5. The average Bonchev–Trinajstić information content (AvgIpc) is 2.55. The number of amides is 1. The Labute approximate surface area is 140 Å². The molecule has 5 heteroatoms. The Morgan fingerprint density at radius 3 is 2.74 bits per heavy atom. The highest BCUT2D eigenvalue weighted by Gasteiger charge is 2.03. The van der Waals surface area contributed by atoms with E-state index in [0.717, 1.165) is 11.1 Å². The quantitative estimate of drug-likeness (QED) is 0.859. The molecule has 0 aromatic heterocycles. The predicted octanol–water partition coefficient (Wildman–Crippen LogP) is 4.29. The molecule has 0 unspecified atom stereocenters. The van der Waals surface area contributed by atoms with E-state index in [4.69, 9.17) is 16.3 Å². The van der Waals surface area contributed by atoms with Crippen molar-refractivity contribution < 1.29 is 14.6 Å². The van der Waals surface area contributed by atoms with Gasteiger partial charge in [-0.3, -0.25) is 0 Å². The second-order valence-electron chi connectivity index (χ2n) is 5.01. The van der Waals surface area contributed by atoms with Crippen molar-refractivity contribution in [2.75, 3.05) is 6.54 Å². The van der Waals surface area contributed by atoms with Crippen molar-refractivity contribution >= 4 is 23.8 Å². The van der Waals surface area contributed by atoms with Crippen LogP contribution in [0, 0.1) is 6.92 Å². The summed E-state index contributed by atoms with van der Waals surface area (Å²) < 4.78 is 5.10. The largest absolute Gasteiger partial charge is 0.506 e. The molecule has 0 spiro atoms. The summed E-state index contributed by atoms with van der Waals surface area (Å²) in [5.74, 6) is 0.0893. The first-order chi connectivity index (χ1) is 11.1. The molecule has 23 heavy (non-hydrogen) atoms. The third kappa shape index (κ3) is 5.34. The third-order valence-corrected chi connectivity index (χ3v) is 3.45. The van der Waals surface area contributed by atoms with E-state index in [1.165, 1.54) is 0 Å². The molecule has 2 rings (SSSR count). The number of phenols is 1. The van der Waals surface area contributed by atoms with E-state index in [0.29, 0.717) is 17.1 Å². The predicted molar refractivity (Wildman–Crippen MR) is 91.5 cm³/mol. The molecular weight excluding hydrogens is 314 g/mol. The number of carbonyl (C=O) groups is 1. The molecule has 0 aliphatic heterocycles. The zero-order valence-electron chi connectivity index (χ0n) is 12.8. The molecule has 0 aliphatic rings. The summed E-state index contributed by atoms with van der Waals surface area (Å²) in [6, 6.07) is 13.0. The highest BCUT2D eigenvalue weighted by atomic mass is 35.5. The van der Waals surface area contributed by atoms with Crippen LogP contribution < -0.4 is 5.32 Å².